The molecule has 1 rings (SSSR count). The molecule has 0 heterocycles. The lowest BCUT2D eigenvalue weighted by Crippen LogP contribution is -2.17. The highest BCUT2D eigenvalue weighted by molar-refractivity contribution is 5.41. The molecule has 17 heavy (non-hydrogen) atoms. The summed E-state index contributed by atoms with van der Waals surface area (Å²) in [5.74, 6) is 1.01. The van der Waals surface area contributed by atoms with E-state index in [-0.39, 0.29) is 11.5 Å². The van der Waals surface area contributed by atoms with Gasteiger partial charge < -0.3 is 10.1 Å². The third kappa shape index (κ3) is 4.04. The van der Waals surface area contributed by atoms with E-state index in [1.54, 1.807) is 0 Å². The van der Waals surface area contributed by atoms with Crippen LogP contribution < -0.4 is 10.1 Å². The second kappa shape index (κ2) is 5.54. The molecule has 1 aromatic carbocycles. The fourth-order valence-electron chi connectivity index (χ4n) is 1.83. The highest BCUT2D eigenvalue weighted by atomic mass is 16.5. The molecule has 0 aromatic heterocycles. The molecule has 2 nitrogen and oxygen atoms in total. The first-order chi connectivity index (χ1) is 7.84. The van der Waals surface area contributed by atoms with Crippen LogP contribution in [0.5, 0.6) is 5.75 Å². The molecule has 2 heteroatoms. The van der Waals surface area contributed by atoms with Crippen LogP contribution in [0, 0.1) is 0 Å². The van der Waals surface area contributed by atoms with Gasteiger partial charge in [0.2, 0.25) is 0 Å². The lowest BCUT2D eigenvalue weighted by molar-refractivity contribution is 0.236. The minimum absolute atomic E-state index is 0.105. The van der Waals surface area contributed by atoms with Crippen molar-refractivity contribution in [2.24, 2.45) is 0 Å². The van der Waals surface area contributed by atoms with Crippen molar-refractivity contribution in [3.63, 3.8) is 0 Å². The Labute approximate surface area is 105 Å². The Morgan fingerprint density at radius 3 is 2.35 bits per heavy atom. The van der Waals surface area contributed by atoms with E-state index in [2.05, 4.69) is 58.1 Å². The normalized spacial score (nSPS) is 11.9. The first kappa shape index (κ1) is 14.0. The Balaban J connectivity index is 3.12. The Morgan fingerprint density at radius 1 is 1.24 bits per heavy atom. The summed E-state index contributed by atoms with van der Waals surface area (Å²) < 4.78 is 5.88. The van der Waals surface area contributed by atoms with Crippen molar-refractivity contribution >= 4 is 0 Å². The van der Waals surface area contributed by atoms with Gasteiger partial charge in [-0.1, -0.05) is 32.9 Å². The lowest BCUT2D eigenvalue weighted by Gasteiger charge is -2.25. The molecule has 0 spiro atoms. The third-order valence-electron chi connectivity index (χ3n) is 2.60. The standard InChI is InChI=1S/C15H25NO/c1-11(2)17-14-8-7-12(10-16-6)9-13(14)15(3,4)5/h7-9,11,16H,10H2,1-6H3. The minimum Gasteiger partial charge on any atom is -0.491 e. The molecule has 0 saturated carbocycles. The van der Waals surface area contributed by atoms with Crippen molar-refractivity contribution in [2.75, 3.05) is 7.05 Å². The minimum atomic E-state index is 0.105. The van der Waals surface area contributed by atoms with E-state index in [9.17, 15) is 0 Å². The van der Waals surface area contributed by atoms with Crippen LogP contribution in [0.25, 0.3) is 0 Å². The molecular weight excluding hydrogens is 210 g/mol. The number of nitrogens with one attached hydrogen (secondary N) is 1. The van der Waals surface area contributed by atoms with Crippen LogP contribution in [-0.2, 0) is 12.0 Å². The quantitative estimate of drug-likeness (QED) is 0.862. The van der Waals surface area contributed by atoms with Gasteiger partial charge in [0.25, 0.3) is 0 Å². The van der Waals surface area contributed by atoms with Crippen molar-refractivity contribution in [1.29, 1.82) is 0 Å². The number of ether oxygens (including phenoxy) is 1. The molecule has 0 bridgehead atoms. The smallest absolute Gasteiger partial charge is 0.123 e. The lowest BCUT2D eigenvalue weighted by atomic mass is 9.85. The zero-order valence-corrected chi connectivity index (χ0v) is 11.9. The molecule has 0 radical (unpaired) electrons. The van der Waals surface area contributed by atoms with Gasteiger partial charge in [0.05, 0.1) is 6.10 Å². The zero-order chi connectivity index (χ0) is 13.1. The molecule has 0 fully saturated rings. The summed E-state index contributed by atoms with van der Waals surface area (Å²) in [6.07, 6.45) is 0.214. The van der Waals surface area contributed by atoms with Crippen LogP contribution in [0.1, 0.15) is 45.7 Å². The molecule has 1 aromatic rings. The second-order valence-electron chi connectivity index (χ2n) is 5.78. The van der Waals surface area contributed by atoms with Crippen molar-refractivity contribution in [3.05, 3.63) is 29.3 Å². The summed E-state index contributed by atoms with van der Waals surface area (Å²) in [6, 6.07) is 6.46. The maximum absolute atomic E-state index is 5.88. The van der Waals surface area contributed by atoms with E-state index in [0.29, 0.717) is 0 Å². The summed E-state index contributed by atoms with van der Waals surface area (Å²) in [4.78, 5) is 0. The summed E-state index contributed by atoms with van der Waals surface area (Å²) in [7, 11) is 1.97. The summed E-state index contributed by atoms with van der Waals surface area (Å²) in [5.41, 5.74) is 2.68. The number of rotatable bonds is 4. The largest absolute Gasteiger partial charge is 0.491 e. The van der Waals surface area contributed by atoms with Crippen molar-refractivity contribution < 1.29 is 4.74 Å². The average molecular weight is 235 g/mol. The molecule has 0 unspecified atom stereocenters. The van der Waals surface area contributed by atoms with E-state index in [1.165, 1.54) is 11.1 Å². The fraction of sp³-hybridized carbons (Fsp3) is 0.600. The van der Waals surface area contributed by atoms with Gasteiger partial charge in [-0.15, -0.1) is 0 Å². The highest BCUT2D eigenvalue weighted by Gasteiger charge is 2.20. The van der Waals surface area contributed by atoms with E-state index >= 15 is 0 Å². The number of hydrogen-bond acceptors (Lipinski definition) is 2. The van der Waals surface area contributed by atoms with Crippen LogP contribution >= 0.6 is 0 Å². The molecule has 1 N–H and O–H groups in total. The molecule has 96 valence electrons. The van der Waals surface area contributed by atoms with Crippen LogP contribution in [0.15, 0.2) is 18.2 Å². The number of benzene rings is 1. The van der Waals surface area contributed by atoms with Crippen LogP contribution in [-0.4, -0.2) is 13.2 Å². The maximum Gasteiger partial charge on any atom is 0.123 e. The zero-order valence-electron chi connectivity index (χ0n) is 11.9. The molecule has 0 amide bonds. The van der Waals surface area contributed by atoms with Crippen molar-refractivity contribution in [2.45, 2.75) is 52.7 Å². The number of hydrogen-bond donors (Lipinski definition) is 1. The Hall–Kier alpha value is -1.02. The van der Waals surface area contributed by atoms with Crippen LogP contribution in [0.4, 0.5) is 0 Å². The van der Waals surface area contributed by atoms with E-state index in [1.807, 2.05) is 7.05 Å². The van der Waals surface area contributed by atoms with Crippen LogP contribution in [0.2, 0.25) is 0 Å². The Morgan fingerprint density at radius 2 is 1.88 bits per heavy atom. The predicted molar refractivity (Wildman–Crippen MR) is 73.7 cm³/mol. The molecule has 0 saturated heterocycles. The van der Waals surface area contributed by atoms with Gasteiger partial charge in [0.1, 0.15) is 5.75 Å². The maximum atomic E-state index is 5.88. The fourth-order valence-corrected chi connectivity index (χ4v) is 1.83. The average Bonchev–Trinajstić information content (AvgIpc) is 2.18. The Bertz CT molecular complexity index is 364. The highest BCUT2D eigenvalue weighted by Crippen LogP contribution is 2.32. The first-order valence-electron chi connectivity index (χ1n) is 6.29. The van der Waals surface area contributed by atoms with Crippen LogP contribution in [0.3, 0.4) is 0 Å². The third-order valence-corrected chi connectivity index (χ3v) is 2.60. The first-order valence-corrected chi connectivity index (χ1v) is 6.29. The summed E-state index contributed by atoms with van der Waals surface area (Å²) in [5, 5.41) is 3.18. The Kier molecular flexibility index (Phi) is 4.58. The van der Waals surface area contributed by atoms with Gasteiger partial charge in [-0.25, -0.2) is 0 Å². The molecule has 0 aliphatic heterocycles. The van der Waals surface area contributed by atoms with E-state index in [4.69, 9.17) is 4.74 Å². The van der Waals surface area contributed by atoms with Gasteiger partial charge in [-0.3, -0.25) is 0 Å². The van der Waals surface area contributed by atoms with E-state index < -0.39 is 0 Å². The predicted octanol–water partition coefficient (Wildman–Crippen LogP) is 3.49. The summed E-state index contributed by atoms with van der Waals surface area (Å²) in [6.45, 7) is 11.7. The van der Waals surface area contributed by atoms with E-state index in [0.717, 1.165) is 12.3 Å². The summed E-state index contributed by atoms with van der Waals surface area (Å²) >= 11 is 0. The van der Waals surface area contributed by atoms with Gasteiger partial charge in [-0.05, 0) is 43.5 Å². The van der Waals surface area contributed by atoms with Crippen molar-refractivity contribution in [1.82, 2.24) is 5.32 Å². The van der Waals surface area contributed by atoms with Crippen molar-refractivity contribution in [3.8, 4) is 5.75 Å². The van der Waals surface area contributed by atoms with Gasteiger partial charge in [0.15, 0.2) is 0 Å². The molecule has 0 atom stereocenters. The van der Waals surface area contributed by atoms with Gasteiger partial charge in [0, 0.05) is 6.54 Å². The topological polar surface area (TPSA) is 21.3 Å². The second-order valence-corrected chi connectivity index (χ2v) is 5.78. The monoisotopic (exact) mass is 235 g/mol. The molecule has 0 aliphatic carbocycles. The SMILES string of the molecule is CNCc1ccc(OC(C)C)c(C(C)(C)C)c1. The molecular formula is C15H25NO. The van der Waals surface area contributed by atoms with Gasteiger partial charge >= 0.3 is 0 Å². The van der Waals surface area contributed by atoms with Gasteiger partial charge in [-0.2, -0.15) is 0 Å². The molecule has 0 aliphatic rings.